The first-order chi connectivity index (χ1) is 8.04. The Bertz CT molecular complexity index is 430. The Kier molecular flexibility index (Phi) is 3.95. The third-order valence-corrected chi connectivity index (χ3v) is 2.48. The molecule has 0 saturated heterocycles. The van der Waals surface area contributed by atoms with Crippen LogP contribution in [0.1, 0.15) is 19.4 Å². The molecular formula is C11H11BF4O2. The maximum Gasteiger partial charge on any atom is 0.573 e. The predicted octanol–water partition coefficient (Wildman–Crippen LogP) is 2.69. The number of rotatable bonds is 3. The van der Waals surface area contributed by atoms with E-state index >= 15 is 0 Å². The maximum absolute atomic E-state index is 13.5. The lowest BCUT2D eigenvalue weighted by atomic mass is 9.68. The van der Waals surface area contributed by atoms with E-state index in [1.807, 2.05) is 0 Å². The molecule has 1 aromatic carbocycles. The summed E-state index contributed by atoms with van der Waals surface area (Å²) in [5, 5.41) is 9.87. The molecule has 1 atom stereocenters. The molecule has 2 radical (unpaired) electrons. The Labute approximate surface area is 103 Å². The van der Waals surface area contributed by atoms with Crippen LogP contribution in [0.15, 0.2) is 18.2 Å². The minimum absolute atomic E-state index is 0.445. The van der Waals surface area contributed by atoms with Crippen LogP contribution in [-0.4, -0.2) is 19.3 Å². The monoisotopic (exact) mass is 262 g/mol. The lowest BCUT2D eigenvalue weighted by Crippen LogP contribution is -2.33. The van der Waals surface area contributed by atoms with Gasteiger partial charge in [0, 0.05) is 5.56 Å². The maximum atomic E-state index is 13.5. The molecule has 0 aliphatic heterocycles. The first-order valence-corrected chi connectivity index (χ1v) is 5.11. The van der Waals surface area contributed by atoms with Gasteiger partial charge in [0.15, 0.2) is 0 Å². The summed E-state index contributed by atoms with van der Waals surface area (Å²) in [4.78, 5) is 0. The Balaban J connectivity index is 3.17. The van der Waals surface area contributed by atoms with E-state index in [-0.39, 0.29) is 0 Å². The smallest absolute Gasteiger partial charge is 0.406 e. The highest BCUT2D eigenvalue weighted by molar-refractivity contribution is 6.14. The molecule has 0 bridgehead atoms. The van der Waals surface area contributed by atoms with Gasteiger partial charge in [-0.3, -0.25) is 0 Å². The molecule has 0 aliphatic carbocycles. The lowest BCUT2D eigenvalue weighted by molar-refractivity contribution is -0.274. The van der Waals surface area contributed by atoms with E-state index in [1.165, 1.54) is 13.8 Å². The Morgan fingerprint density at radius 3 is 2.28 bits per heavy atom. The molecule has 18 heavy (non-hydrogen) atoms. The van der Waals surface area contributed by atoms with Crippen molar-refractivity contribution < 1.29 is 27.4 Å². The van der Waals surface area contributed by atoms with Gasteiger partial charge in [0.05, 0.1) is 5.50 Å². The molecule has 1 unspecified atom stereocenters. The number of hydrogen-bond acceptors (Lipinski definition) is 2. The van der Waals surface area contributed by atoms with Crippen LogP contribution in [0, 0.1) is 11.7 Å². The molecule has 7 heteroatoms. The molecule has 0 aliphatic rings. The van der Waals surface area contributed by atoms with Gasteiger partial charge in [0.1, 0.15) is 19.4 Å². The van der Waals surface area contributed by atoms with Crippen molar-refractivity contribution >= 4 is 7.85 Å². The number of hydrogen-bond donors (Lipinski definition) is 1. The molecule has 0 heterocycles. The summed E-state index contributed by atoms with van der Waals surface area (Å²) in [6.45, 7) is 3.02. The van der Waals surface area contributed by atoms with E-state index < -0.39 is 34.9 Å². The molecule has 2 nitrogen and oxygen atoms in total. The Morgan fingerprint density at radius 2 is 1.83 bits per heavy atom. The minimum Gasteiger partial charge on any atom is -0.406 e. The van der Waals surface area contributed by atoms with Crippen LogP contribution in [0.25, 0.3) is 0 Å². The van der Waals surface area contributed by atoms with Gasteiger partial charge in [0.25, 0.3) is 0 Å². The van der Waals surface area contributed by atoms with E-state index in [4.69, 9.17) is 7.85 Å². The number of benzene rings is 1. The molecule has 0 amide bonds. The number of aliphatic hydroxyl groups is 1. The number of alkyl halides is 3. The topological polar surface area (TPSA) is 29.5 Å². The van der Waals surface area contributed by atoms with Crippen LogP contribution in [0.2, 0.25) is 0 Å². The molecule has 0 aromatic heterocycles. The van der Waals surface area contributed by atoms with E-state index in [9.17, 15) is 22.7 Å². The molecule has 0 fully saturated rings. The SMILES string of the molecule is [B]C(O)(c1cc(OC(F)(F)F)ccc1F)C(C)C. The van der Waals surface area contributed by atoms with Gasteiger partial charge >= 0.3 is 6.36 Å². The van der Waals surface area contributed by atoms with Crippen LogP contribution in [0.4, 0.5) is 17.6 Å². The number of halogens is 4. The third kappa shape index (κ3) is 3.38. The van der Waals surface area contributed by atoms with E-state index in [0.717, 1.165) is 18.2 Å². The van der Waals surface area contributed by atoms with E-state index in [1.54, 1.807) is 0 Å². The average Bonchev–Trinajstić information content (AvgIpc) is 2.18. The van der Waals surface area contributed by atoms with Crippen molar-refractivity contribution in [2.45, 2.75) is 25.7 Å². The lowest BCUT2D eigenvalue weighted by Gasteiger charge is -2.29. The molecule has 1 aromatic rings. The zero-order valence-electron chi connectivity index (χ0n) is 9.75. The van der Waals surface area contributed by atoms with Crippen LogP contribution < -0.4 is 4.74 Å². The quantitative estimate of drug-likeness (QED) is 0.670. The standard InChI is InChI=1S/C11H11BF4O2/c1-6(2)10(12,17)8-5-7(3-4-9(8)13)18-11(14,15)16/h3-6,17H,1-2H3. The zero-order chi connectivity index (χ0) is 14.1. The minimum atomic E-state index is -4.89. The van der Waals surface area contributed by atoms with Crippen LogP contribution in [0.5, 0.6) is 5.75 Å². The second kappa shape index (κ2) is 4.80. The van der Waals surface area contributed by atoms with Crippen molar-refractivity contribution in [3.05, 3.63) is 29.6 Å². The molecule has 1 N–H and O–H groups in total. The van der Waals surface area contributed by atoms with E-state index in [2.05, 4.69) is 4.74 Å². The van der Waals surface area contributed by atoms with Gasteiger partial charge in [0.2, 0.25) is 0 Å². The van der Waals surface area contributed by atoms with Crippen molar-refractivity contribution in [3.63, 3.8) is 0 Å². The molecule has 0 saturated carbocycles. The first kappa shape index (κ1) is 14.8. The highest BCUT2D eigenvalue weighted by Gasteiger charge is 2.34. The van der Waals surface area contributed by atoms with Crippen molar-refractivity contribution in [1.29, 1.82) is 0 Å². The van der Waals surface area contributed by atoms with Gasteiger partial charge in [-0.2, -0.15) is 0 Å². The molecular weight excluding hydrogens is 251 g/mol. The largest absolute Gasteiger partial charge is 0.573 e. The van der Waals surface area contributed by atoms with Crippen molar-refractivity contribution in [2.24, 2.45) is 5.92 Å². The fraction of sp³-hybridized carbons (Fsp3) is 0.455. The Morgan fingerprint density at radius 1 is 1.28 bits per heavy atom. The molecule has 1 rings (SSSR count). The highest BCUT2D eigenvalue weighted by Crippen LogP contribution is 2.32. The van der Waals surface area contributed by atoms with Crippen molar-refractivity contribution in [3.8, 4) is 5.75 Å². The summed E-state index contributed by atoms with van der Waals surface area (Å²) in [5.41, 5.74) is -2.52. The average molecular weight is 262 g/mol. The summed E-state index contributed by atoms with van der Waals surface area (Å²) in [5.74, 6) is -2.13. The predicted molar refractivity (Wildman–Crippen MR) is 57.6 cm³/mol. The van der Waals surface area contributed by atoms with Crippen LogP contribution in [-0.2, 0) is 5.50 Å². The van der Waals surface area contributed by atoms with Crippen LogP contribution in [0.3, 0.4) is 0 Å². The van der Waals surface area contributed by atoms with Crippen LogP contribution >= 0.6 is 0 Å². The molecule has 98 valence electrons. The zero-order valence-corrected chi connectivity index (χ0v) is 9.75. The van der Waals surface area contributed by atoms with Crippen molar-refractivity contribution in [2.75, 3.05) is 0 Å². The second-order valence-electron chi connectivity index (χ2n) is 4.17. The van der Waals surface area contributed by atoms with Gasteiger partial charge < -0.3 is 9.84 Å². The Hall–Kier alpha value is -1.24. The third-order valence-electron chi connectivity index (χ3n) is 2.48. The second-order valence-corrected chi connectivity index (χ2v) is 4.17. The van der Waals surface area contributed by atoms with Gasteiger partial charge in [-0.05, 0) is 24.1 Å². The van der Waals surface area contributed by atoms with Gasteiger partial charge in [-0.25, -0.2) is 4.39 Å². The highest BCUT2D eigenvalue weighted by atomic mass is 19.4. The first-order valence-electron chi connectivity index (χ1n) is 5.11. The van der Waals surface area contributed by atoms with Crippen molar-refractivity contribution in [1.82, 2.24) is 0 Å². The molecule has 0 spiro atoms. The normalized spacial score (nSPS) is 15.6. The summed E-state index contributed by atoms with van der Waals surface area (Å²) in [6.07, 6.45) is -4.89. The summed E-state index contributed by atoms with van der Waals surface area (Å²) in [7, 11) is 5.49. The van der Waals surface area contributed by atoms with Gasteiger partial charge in [-0.1, -0.05) is 13.8 Å². The fourth-order valence-electron chi connectivity index (χ4n) is 1.32. The van der Waals surface area contributed by atoms with Gasteiger partial charge in [-0.15, -0.1) is 13.2 Å². The summed E-state index contributed by atoms with van der Waals surface area (Å²) >= 11 is 0. The summed E-state index contributed by atoms with van der Waals surface area (Å²) < 4.78 is 53.2. The van der Waals surface area contributed by atoms with E-state index in [0.29, 0.717) is 0 Å². The number of ether oxygens (including phenoxy) is 1. The summed E-state index contributed by atoms with van der Waals surface area (Å²) in [6, 6.07) is 2.31. The fourth-order valence-corrected chi connectivity index (χ4v) is 1.32.